The molecule has 0 bridgehead atoms. The lowest BCUT2D eigenvalue weighted by Gasteiger charge is -2.11. The first-order chi connectivity index (χ1) is 15.6. The first-order valence-electron chi connectivity index (χ1n) is 10.1. The van der Waals surface area contributed by atoms with Crippen molar-refractivity contribution in [3.8, 4) is 23.3 Å². The summed E-state index contributed by atoms with van der Waals surface area (Å²) >= 11 is 0. The fraction of sp³-hybridized carbons (Fsp3) is 0.154. The van der Waals surface area contributed by atoms with Gasteiger partial charge in [0.1, 0.15) is 24.0 Å². The lowest BCUT2D eigenvalue weighted by Crippen LogP contribution is -2.13. The van der Waals surface area contributed by atoms with Crippen molar-refractivity contribution >= 4 is 17.7 Å². The van der Waals surface area contributed by atoms with E-state index in [1.807, 2.05) is 43.3 Å². The molecule has 1 amide bonds. The van der Waals surface area contributed by atoms with Crippen LogP contribution in [0.15, 0.2) is 78.4 Å². The number of ether oxygens (including phenoxy) is 3. The number of carbonyl (C=O) groups is 1. The molecule has 162 valence electrons. The molecule has 32 heavy (non-hydrogen) atoms. The Kier molecular flexibility index (Phi) is 7.88. The van der Waals surface area contributed by atoms with Gasteiger partial charge in [-0.15, -0.1) is 0 Å². The lowest BCUT2D eigenvalue weighted by molar-refractivity contribution is -0.112. The second kappa shape index (κ2) is 11.2. The van der Waals surface area contributed by atoms with Crippen LogP contribution in [0.25, 0.3) is 6.08 Å². The molecule has 0 atom stereocenters. The van der Waals surface area contributed by atoms with Gasteiger partial charge < -0.3 is 19.5 Å². The molecule has 1 N–H and O–H groups in total. The Morgan fingerprint density at radius 3 is 2.41 bits per heavy atom. The summed E-state index contributed by atoms with van der Waals surface area (Å²) in [5, 5.41) is 12.2. The number of amides is 1. The molecule has 0 heterocycles. The number of anilines is 1. The normalized spacial score (nSPS) is 10.7. The molecule has 0 aliphatic rings. The van der Waals surface area contributed by atoms with Crippen LogP contribution in [0.4, 0.5) is 5.69 Å². The van der Waals surface area contributed by atoms with Gasteiger partial charge in [0.25, 0.3) is 5.91 Å². The Morgan fingerprint density at radius 2 is 1.75 bits per heavy atom. The van der Waals surface area contributed by atoms with Gasteiger partial charge in [-0.25, -0.2) is 0 Å². The van der Waals surface area contributed by atoms with E-state index in [0.29, 0.717) is 41.7 Å². The smallest absolute Gasteiger partial charge is 0.266 e. The van der Waals surface area contributed by atoms with Gasteiger partial charge in [0, 0.05) is 5.69 Å². The van der Waals surface area contributed by atoms with Crippen LogP contribution in [0, 0.1) is 11.3 Å². The summed E-state index contributed by atoms with van der Waals surface area (Å²) in [7, 11) is 1.54. The molecule has 0 spiro atoms. The minimum absolute atomic E-state index is 0.0288. The summed E-state index contributed by atoms with van der Waals surface area (Å²) in [5.41, 5.74) is 2.23. The lowest BCUT2D eigenvalue weighted by atomic mass is 10.1. The van der Waals surface area contributed by atoms with Crippen LogP contribution in [0.5, 0.6) is 17.2 Å². The van der Waals surface area contributed by atoms with Crippen molar-refractivity contribution < 1.29 is 19.0 Å². The molecule has 0 aliphatic heterocycles. The maximum Gasteiger partial charge on any atom is 0.266 e. The van der Waals surface area contributed by atoms with E-state index < -0.39 is 5.91 Å². The minimum Gasteiger partial charge on any atom is -0.494 e. The van der Waals surface area contributed by atoms with E-state index in [9.17, 15) is 10.1 Å². The topological polar surface area (TPSA) is 80.6 Å². The largest absolute Gasteiger partial charge is 0.494 e. The van der Waals surface area contributed by atoms with Crippen molar-refractivity contribution in [1.29, 1.82) is 5.26 Å². The van der Waals surface area contributed by atoms with Crippen LogP contribution in [-0.2, 0) is 11.4 Å². The van der Waals surface area contributed by atoms with Crippen LogP contribution in [0.1, 0.15) is 18.1 Å². The van der Waals surface area contributed by atoms with Gasteiger partial charge in [0.05, 0.1) is 13.7 Å². The predicted octanol–water partition coefficient (Wildman–Crippen LogP) is 5.22. The van der Waals surface area contributed by atoms with Crippen molar-refractivity contribution in [3.63, 3.8) is 0 Å². The summed E-state index contributed by atoms with van der Waals surface area (Å²) in [5.74, 6) is 1.30. The Balaban J connectivity index is 1.71. The Morgan fingerprint density at radius 1 is 1.00 bits per heavy atom. The summed E-state index contributed by atoms with van der Waals surface area (Å²) in [6.45, 7) is 2.86. The molecule has 0 aliphatic carbocycles. The summed E-state index contributed by atoms with van der Waals surface area (Å²) < 4.78 is 16.7. The zero-order chi connectivity index (χ0) is 22.8. The number of hydrogen-bond acceptors (Lipinski definition) is 5. The number of nitrogens with zero attached hydrogens (tertiary/aromatic N) is 1. The van der Waals surface area contributed by atoms with E-state index in [0.717, 1.165) is 5.56 Å². The molecule has 0 fully saturated rings. The molecule has 0 radical (unpaired) electrons. The van der Waals surface area contributed by atoms with Gasteiger partial charge in [0.15, 0.2) is 11.5 Å². The monoisotopic (exact) mass is 428 g/mol. The van der Waals surface area contributed by atoms with Gasteiger partial charge in [-0.2, -0.15) is 5.26 Å². The quantitative estimate of drug-likeness (QED) is 0.373. The highest BCUT2D eigenvalue weighted by Gasteiger charge is 2.11. The van der Waals surface area contributed by atoms with Crippen molar-refractivity contribution in [2.75, 3.05) is 19.0 Å². The van der Waals surface area contributed by atoms with Crippen molar-refractivity contribution in [2.45, 2.75) is 13.5 Å². The third-order valence-corrected chi connectivity index (χ3v) is 4.52. The maximum atomic E-state index is 12.6. The number of rotatable bonds is 9. The van der Waals surface area contributed by atoms with Crippen LogP contribution in [0.2, 0.25) is 0 Å². The van der Waals surface area contributed by atoms with Crippen molar-refractivity contribution in [3.05, 3.63) is 89.5 Å². The van der Waals surface area contributed by atoms with Gasteiger partial charge in [-0.1, -0.05) is 36.4 Å². The standard InChI is InChI=1S/C26H24N2O4/c1-3-31-23-12-10-22(11-13-23)28-26(29)21(17-27)15-20-9-14-24(25(16-20)30-2)32-18-19-7-5-4-6-8-19/h4-16H,3,18H2,1-2H3,(H,28,29)/b21-15-. The summed E-state index contributed by atoms with van der Waals surface area (Å²) in [6, 6.07) is 24.0. The molecule has 6 heteroatoms. The number of methoxy groups -OCH3 is 1. The number of hydrogen-bond donors (Lipinski definition) is 1. The number of nitriles is 1. The minimum atomic E-state index is -0.500. The van der Waals surface area contributed by atoms with Crippen LogP contribution in [-0.4, -0.2) is 19.6 Å². The average molecular weight is 428 g/mol. The fourth-order valence-corrected chi connectivity index (χ4v) is 2.94. The third-order valence-electron chi connectivity index (χ3n) is 4.52. The predicted molar refractivity (Wildman–Crippen MR) is 124 cm³/mol. The highest BCUT2D eigenvalue weighted by Crippen LogP contribution is 2.30. The Hall–Kier alpha value is -4.24. The van der Waals surface area contributed by atoms with E-state index in [2.05, 4.69) is 5.32 Å². The first-order valence-corrected chi connectivity index (χ1v) is 10.1. The van der Waals surface area contributed by atoms with E-state index in [1.54, 1.807) is 49.6 Å². The van der Waals surface area contributed by atoms with Crippen LogP contribution >= 0.6 is 0 Å². The maximum absolute atomic E-state index is 12.6. The second-order valence-corrected chi connectivity index (χ2v) is 6.77. The molecular weight excluding hydrogens is 404 g/mol. The zero-order valence-electron chi connectivity index (χ0n) is 18.0. The first kappa shape index (κ1) is 22.4. The van der Waals surface area contributed by atoms with E-state index in [4.69, 9.17) is 14.2 Å². The van der Waals surface area contributed by atoms with E-state index >= 15 is 0 Å². The van der Waals surface area contributed by atoms with Crippen molar-refractivity contribution in [2.24, 2.45) is 0 Å². The van der Waals surface area contributed by atoms with Crippen LogP contribution in [0.3, 0.4) is 0 Å². The average Bonchev–Trinajstić information content (AvgIpc) is 2.83. The molecule has 0 unspecified atom stereocenters. The van der Waals surface area contributed by atoms with E-state index in [1.165, 1.54) is 6.08 Å². The van der Waals surface area contributed by atoms with Gasteiger partial charge in [-0.05, 0) is 60.5 Å². The molecule has 3 rings (SSSR count). The molecule has 3 aromatic carbocycles. The second-order valence-electron chi connectivity index (χ2n) is 6.77. The molecular formula is C26H24N2O4. The molecule has 0 saturated carbocycles. The fourth-order valence-electron chi connectivity index (χ4n) is 2.94. The molecule has 6 nitrogen and oxygen atoms in total. The number of carbonyl (C=O) groups excluding carboxylic acids is 1. The highest BCUT2D eigenvalue weighted by atomic mass is 16.5. The van der Waals surface area contributed by atoms with Gasteiger partial charge in [0.2, 0.25) is 0 Å². The summed E-state index contributed by atoms with van der Waals surface area (Å²) in [4.78, 5) is 12.6. The molecule has 0 saturated heterocycles. The Bertz CT molecular complexity index is 1120. The van der Waals surface area contributed by atoms with Crippen LogP contribution < -0.4 is 19.5 Å². The Labute approximate surface area is 187 Å². The molecule has 3 aromatic rings. The van der Waals surface area contributed by atoms with E-state index in [-0.39, 0.29) is 5.57 Å². The van der Waals surface area contributed by atoms with Gasteiger partial charge in [-0.3, -0.25) is 4.79 Å². The van der Waals surface area contributed by atoms with Crippen molar-refractivity contribution in [1.82, 2.24) is 0 Å². The number of benzene rings is 3. The van der Waals surface area contributed by atoms with Gasteiger partial charge >= 0.3 is 0 Å². The third kappa shape index (κ3) is 6.13. The molecule has 0 aromatic heterocycles. The SMILES string of the molecule is CCOc1ccc(NC(=O)/C(C#N)=C\c2ccc(OCc3ccccc3)c(OC)c2)cc1. The highest BCUT2D eigenvalue weighted by molar-refractivity contribution is 6.09. The zero-order valence-corrected chi connectivity index (χ0v) is 18.0. The summed E-state index contributed by atoms with van der Waals surface area (Å²) in [6.07, 6.45) is 1.51. The number of nitrogens with one attached hydrogen (secondary N) is 1.